The molecule has 5 nitrogen and oxygen atoms in total. The molecule has 0 bridgehead atoms. The van der Waals surface area contributed by atoms with E-state index in [1.807, 2.05) is 18.2 Å². The Morgan fingerprint density at radius 2 is 2.04 bits per heavy atom. The highest BCUT2D eigenvalue weighted by Gasteiger charge is 2.26. The molecule has 3 rings (SSSR count). The van der Waals surface area contributed by atoms with Crippen molar-refractivity contribution >= 4 is 5.97 Å². The summed E-state index contributed by atoms with van der Waals surface area (Å²) in [5.74, 6) is 1.13. The van der Waals surface area contributed by atoms with Gasteiger partial charge in [-0.3, -0.25) is 0 Å². The van der Waals surface area contributed by atoms with E-state index in [-0.39, 0.29) is 5.92 Å². The molecule has 120 valence electrons. The summed E-state index contributed by atoms with van der Waals surface area (Å²) < 4.78 is 16.6. The maximum absolute atomic E-state index is 11.1. The van der Waals surface area contributed by atoms with E-state index in [2.05, 4.69) is 0 Å². The first-order chi connectivity index (χ1) is 11.1. The molecule has 1 N–H and O–H groups in total. The molecule has 0 spiro atoms. The molecule has 1 aliphatic heterocycles. The van der Waals surface area contributed by atoms with Crippen molar-refractivity contribution in [1.29, 1.82) is 0 Å². The zero-order chi connectivity index (χ0) is 16.4. The molecule has 0 amide bonds. The fourth-order valence-electron chi connectivity index (χ4n) is 2.91. The Labute approximate surface area is 134 Å². The molecule has 23 heavy (non-hydrogen) atoms. The standard InChI is InChI=1S/C18H18O5/c1-21-15-7-6-12-9-14(10-23-16(12)17(15)22-2)11-4-3-5-13(8-11)18(19)20/h3-8,14H,9-10H2,1-2H3,(H,19,20). The van der Waals surface area contributed by atoms with Gasteiger partial charge >= 0.3 is 5.97 Å². The lowest BCUT2D eigenvalue weighted by Gasteiger charge is -2.27. The summed E-state index contributed by atoms with van der Waals surface area (Å²) >= 11 is 0. The van der Waals surface area contributed by atoms with Gasteiger partial charge in [-0.15, -0.1) is 0 Å². The van der Waals surface area contributed by atoms with Gasteiger partial charge in [-0.2, -0.15) is 0 Å². The Hall–Kier alpha value is -2.69. The second kappa shape index (κ2) is 6.20. The number of rotatable bonds is 4. The quantitative estimate of drug-likeness (QED) is 0.939. The molecule has 5 heteroatoms. The van der Waals surface area contributed by atoms with Gasteiger partial charge in [0.1, 0.15) is 0 Å². The molecule has 0 aliphatic carbocycles. The second-order valence-corrected chi connectivity index (χ2v) is 5.43. The van der Waals surface area contributed by atoms with E-state index in [9.17, 15) is 4.79 Å². The molecule has 0 radical (unpaired) electrons. The third kappa shape index (κ3) is 2.82. The van der Waals surface area contributed by atoms with Gasteiger partial charge in [-0.1, -0.05) is 18.2 Å². The van der Waals surface area contributed by atoms with Crippen LogP contribution >= 0.6 is 0 Å². The van der Waals surface area contributed by atoms with Crippen LogP contribution in [0.3, 0.4) is 0 Å². The van der Waals surface area contributed by atoms with E-state index in [4.69, 9.17) is 19.3 Å². The highest BCUT2D eigenvalue weighted by molar-refractivity contribution is 5.87. The van der Waals surface area contributed by atoms with Crippen molar-refractivity contribution in [1.82, 2.24) is 0 Å². The van der Waals surface area contributed by atoms with Gasteiger partial charge in [0.05, 0.1) is 26.4 Å². The fraction of sp³-hybridized carbons (Fsp3) is 0.278. The Morgan fingerprint density at radius 3 is 2.74 bits per heavy atom. The Bertz CT molecular complexity index is 738. The number of ether oxygens (including phenoxy) is 3. The van der Waals surface area contributed by atoms with E-state index in [0.29, 0.717) is 29.4 Å². The fourth-order valence-corrected chi connectivity index (χ4v) is 2.91. The van der Waals surface area contributed by atoms with Crippen LogP contribution in [0.1, 0.15) is 27.4 Å². The molecule has 0 saturated carbocycles. The number of carboxylic acids is 1. The lowest BCUT2D eigenvalue weighted by Crippen LogP contribution is -2.20. The summed E-state index contributed by atoms with van der Waals surface area (Å²) in [6.45, 7) is 0.472. The molecule has 1 aliphatic rings. The number of carbonyl (C=O) groups is 1. The number of methoxy groups -OCH3 is 2. The van der Waals surface area contributed by atoms with Crippen LogP contribution in [0.25, 0.3) is 0 Å². The summed E-state index contributed by atoms with van der Waals surface area (Å²) in [5, 5.41) is 9.13. The first-order valence-electron chi connectivity index (χ1n) is 7.34. The smallest absolute Gasteiger partial charge is 0.335 e. The summed E-state index contributed by atoms with van der Waals surface area (Å²) in [4.78, 5) is 11.1. The van der Waals surface area contributed by atoms with Crippen molar-refractivity contribution in [3.05, 3.63) is 53.1 Å². The van der Waals surface area contributed by atoms with Crippen molar-refractivity contribution < 1.29 is 24.1 Å². The first kappa shape index (κ1) is 15.2. The summed E-state index contributed by atoms with van der Waals surface area (Å²) in [6, 6.07) is 10.8. The van der Waals surface area contributed by atoms with Crippen LogP contribution in [-0.2, 0) is 6.42 Å². The third-order valence-electron chi connectivity index (χ3n) is 4.08. The number of hydrogen-bond acceptors (Lipinski definition) is 4. The second-order valence-electron chi connectivity index (χ2n) is 5.43. The summed E-state index contributed by atoms with van der Waals surface area (Å²) in [7, 11) is 3.18. The van der Waals surface area contributed by atoms with Crippen molar-refractivity contribution in [2.75, 3.05) is 20.8 Å². The third-order valence-corrected chi connectivity index (χ3v) is 4.08. The first-order valence-corrected chi connectivity index (χ1v) is 7.34. The minimum Gasteiger partial charge on any atom is -0.493 e. The zero-order valence-corrected chi connectivity index (χ0v) is 13.0. The predicted octanol–water partition coefficient (Wildman–Crippen LogP) is 3.12. The molecule has 0 fully saturated rings. The highest BCUT2D eigenvalue weighted by Crippen LogP contribution is 2.44. The summed E-state index contributed by atoms with van der Waals surface area (Å²) in [5.41, 5.74) is 2.28. The molecule has 0 aromatic heterocycles. The number of carboxylic acid groups (broad SMARTS) is 1. The van der Waals surface area contributed by atoms with Gasteiger partial charge in [0.15, 0.2) is 11.5 Å². The predicted molar refractivity (Wildman–Crippen MR) is 84.9 cm³/mol. The van der Waals surface area contributed by atoms with Gasteiger partial charge in [0.2, 0.25) is 5.75 Å². The van der Waals surface area contributed by atoms with E-state index in [0.717, 1.165) is 17.5 Å². The number of benzene rings is 2. The van der Waals surface area contributed by atoms with Gasteiger partial charge in [0.25, 0.3) is 0 Å². The molecule has 2 aromatic rings. The summed E-state index contributed by atoms with van der Waals surface area (Å²) in [6.07, 6.45) is 0.763. The van der Waals surface area contributed by atoms with E-state index < -0.39 is 5.97 Å². The lowest BCUT2D eigenvalue weighted by molar-refractivity contribution is 0.0696. The zero-order valence-electron chi connectivity index (χ0n) is 13.0. The van der Waals surface area contributed by atoms with E-state index in [1.54, 1.807) is 32.4 Å². The molecule has 0 saturated heterocycles. The number of fused-ring (bicyclic) bond motifs is 1. The van der Waals surface area contributed by atoms with Crippen LogP contribution in [0.15, 0.2) is 36.4 Å². The molecule has 1 unspecified atom stereocenters. The molecule has 1 atom stereocenters. The topological polar surface area (TPSA) is 65.0 Å². The maximum Gasteiger partial charge on any atom is 0.335 e. The van der Waals surface area contributed by atoms with Gasteiger partial charge in [-0.05, 0) is 35.7 Å². The van der Waals surface area contributed by atoms with E-state index in [1.165, 1.54) is 0 Å². The molecule has 2 aromatic carbocycles. The lowest BCUT2D eigenvalue weighted by atomic mass is 9.89. The van der Waals surface area contributed by atoms with Gasteiger partial charge in [0, 0.05) is 5.92 Å². The maximum atomic E-state index is 11.1. The van der Waals surface area contributed by atoms with Crippen molar-refractivity contribution in [3.63, 3.8) is 0 Å². The van der Waals surface area contributed by atoms with Crippen molar-refractivity contribution in [2.24, 2.45) is 0 Å². The number of hydrogen-bond donors (Lipinski definition) is 1. The van der Waals surface area contributed by atoms with Crippen LogP contribution in [0.4, 0.5) is 0 Å². The molecular formula is C18H18O5. The largest absolute Gasteiger partial charge is 0.493 e. The SMILES string of the molecule is COc1ccc2c(c1OC)OCC(c1cccc(C(=O)O)c1)C2. The minimum atomic E-state index is -0.921. The van der Waals surface area contributed by atoms with E-state index >= 15 is 0 Å². The number of aromatic carboxylic acids is 1. The van der Waals surface area contributed by atoms with Crippen LogP contribution in [0, 0.1) is 0 Å². The highest BCUT2D eigenvalue weighted by atomic mass is 16.5. The average Bonchev–Trinajstić information content (AvgIpc) is 2.60. The monoisotopic (exact) mass is 314 g/mol. The average molecular weight is 314 g/mol. The Kier molecular flexibility index (Phi) is 4.10. The van der Waals surface area contributed by atoms with Crippen LogP contribution in [0.5, 0.6) is 17.2 Å². The van der Waals surface area contributed by atoms with Crippen molar-refractivity contribution in [2.45, 2.75) is 12.3 Å². The molecule has 1 heterocycles. The van der Waals surface area contributed by atoms with Crippen LogP contribution in [-0.4, -0.2) is 31.9 Å². The Morgan fingerprint density at radius 1 is 1.22 bits per heavy atom. The van der Waals surface area contributed by atoms with Crippen LogP contribution < -0.4 is 14.2 Å². The van der Waals surface area contributed by atoms with Crippen LogP contribution in [0.2, 0.25) is 0 Å². The Balaban J connectivity index is 1.92. The van der Waals surface area contributed by atoms with Gasteiger partial charge < -0.3 is 19.3 Å². The minimum absolute atomic E-state index is 0.111. The normalized spacial score (nSPS) is 16.2. The molecular weight excluding hydrogens is 296 g/mol. The van der Waals surface area contributed by atoms with Crippen molar-refractivity contribution in [3.8, 4) is 17.2 Å². The van der Waals surface area contributed by atoms with Gasteiger partial charge in [-0.25, -0.2) is 4.79 Å².